The lowest BCUT2D eigenvalue weighted by atomic mass is 10.1. The van der Waals surface area contributed by atoms with Crippen molar-refractivity contribution in [2.75, 3.05) is 19.5 Å². The van der Waals surface area contributed by atoms with Gasteiger partial charge in [-0.15, -0.1) is 10.2 Å². The highest BCUT2D eigenvalue weighted by atomic mass is 16.5. The minimum absolute atomic E-state index is 0.125. The molecule has 7 nitrogen and oxygen atoms in total. The Morgan fingerprint density at radius 2 is 1.83 bits per heavy atom. The zero-order chi connectivity index (χ0) is 20.2. The van der Waals surface area contributed by atoms with Gasteiger partial charge in [-0.2, -0.15) is 0 Å². The van der Waals surface area contributed by atoms with Crippen molar-refractivity contribution >= 4 is 17.2 Å². The number of nitrogens with one attached hydrogen (secondary N) is 1. The number of fused-ring (bicyclic) bond motifs is 1. The maximum atomic E-state index is 12.5. The van der Waals surface area contributed by atoms with Crippen LogP contribution in [0.1, 0.15) is 5.56 Å². The molecule has 0 saturated heterocycles. The molecule has 0 aliphatic rings. The quantitative estimate of drug-likeness (QED) is 0.546. The van der Waals surface area contributed by atoms with Gasteiger partial charge in [-0.3, -0.25) is 9.20 Å². The van der Waals surface area contributed by atoms with Crippen LogP contribution in [0.5, 0.6) is 11.5 Å². The van der Waals surface area contributed by atoms with Gasteiger partial charge in [-0.25, -0.2) is 0 Å². The van der Waals surface area contributed by atoms with E-state index in [0.717, 1.165) is 22.6 Å². The minimum atomic E-state index is -0.125. The Morgan fingerprint density at radius 1 is 0.966 bits per heavy atom. The molecule has 0 radical (unpaired) electrons. The minimum Gasteiger partial charge on any atom is -0.493 e. The van der Waals surface area contributed by atoms with Crippen molar-refractivity contribution in [1.29, 1.82) is 0 Å². The van der Waals surface area contributed by atoms with Gasteiger partial charge < -0.3 is 14.8 Å². The number of pyridine rings is 1. The topological polar surface area (TPSA) is 77.8 Å². The van der Waals surface area contributed by atoms with Crippen LogP contribution in [0.3, 0.4) is 0 Å². The maximum Gasteiger partial charge on any atom is 0.228 e. The molecule has 2 aromatic carbocycles. The summed E-state index contributed by atoms with van der Waals surface area (Å²) in [5.41, 5.74) is 3.17. The normalized spacial score (nSPS) is 10.7. The number of ether oxygens (including phenoxy) is 2. The van der Waals surface area contributed by atoms with Crippen LogP contribution in [0, 0.1) is 0 Å². The molecule has 1 amide bonds. The van der Waals surface area contributed by atoms with E-state index >= 15 is 0 Å². The van der Waals surface area contributed by atoms with Crippen molar-refractivity contribution in [1.82, 2.24) is 14.6 Å². The number of rotatable bonds is 6. The van der Waals surface area contributed by atoms with Crippen LogP contribution in [0.4, 0.5) is 5.69 Å². The van der Waals surface area contributed by atoms with Crippen molar-refractivity contribution < 1.29 is 14.3 Å². The van der Waals surface area contributed by atoms with E-state index in [4.69, 9.17) is 9.47 Å². The molecule has 1 N–H and O–H groups in total. The molecule has 0 saturated carbocycles. The third kappa shape index (κ3) is 3.89. The summed E-state index contributed by atoms with van der Waals surface area (Å²) >= 11 is 0. The lowest BCUT2D eigenvalue weighted by Gasteiger charge is -2.10. The lowest BCUT2D eigenvalue weighted by molar-refractivity contribution is -0.115. The van der Waals surface area contributed by atoms with Crippen molar-refractivity contribution in [2.45, 2.75) is 6.42 Å². The van der Waals surface area contributed by atoms with E-state index in [0.29, 0.717) is 17.2 Å². The second-order valence-corrected chi connectivity index (χ2v) is 6.45. The molecule has 2 aromatic heterocycles. The summed E-state index contributed by atoms with van der Waals surface area (Å²) in [4.78, 5) is 12.5. The Bertz CT molecular complexity index is 1170. The first-order chi connectivity index (χ1) is 14.2. The number of anilines is 1. The fourth-order valence-corrected chi connectivity index (χ4v) is 3.16. The van der Waals surface area contributed by atoms with Crippen molar-refractivity contribution in [3.8, 4) is 22.9 Å². The molecular weight excluding hydrogens is 368 g/mol. The standard InChI is InChI=1S/C22H20N4O3/c1-28-18-10-9-15(12-19(18)29-2)13-21(27)23-17-7-5-6-16(14-17)22-25-24-20-8-3-4-11-26(20)22/h3-12,14H,13H2,1-2H3,(H,23,27). The summed E-state index contributed by atoms with van der Waals surface area (Å²) in [5, 5.41) is 11.4. The average Bonchev–Trinajstić information content (AvgIpc) is 3.18. The Hall–Kier alpha value is -3.87. The second-order valence-electron chi connectivity index (χ2n) is 6.45. The van der Waals surface area contributed by atoms with Crippen LogP contribution < -0.4 is 14.8 Å². The summed E-state index contributed by atoms with van der Waals surface area (Å²) in [7, 11) is 3.15. The van der Waals surface area contributed by atoms with E-state index < -0.39 is 0 Å². The first-order valence-corrected chi connectivity index (χ1v) is 9.09. The number of hydrogen-bond acceptors (Lipinski definition) is 5. The molecular formula is C22H20N4O3. The summed E-state index contributed by atoms with van der Waals surface area (Å²) < 4.78 is 12.4. The molecule has 7 heteroatoms. The SMILES string of the molecule is COc1ccc(CC(=O)Nc2cccc(-c3nnc4ccccn34)c2)cc1OC. The molecule has 0 aliphatic carbocycles. The fourth-order valence-electron chi connectivity index (χ4n) is 3.16. The smallest absolute Gasteiger partial charge is 0.228 e. The largest absolute Gasteiger partial charge is 0.493 e. The number of aromatic nitrogens is 3. The van der Waals surface area contributed by atoms with Crippen molar-refractivity contribution in [3.63, 3.8) is 0 Å². The summed E-state index contributed by atoms with van der Waals surface area (Å²) in [6.45, 7) is 0. The molecule has 0 atom stereocenters. The monoisotopic (exact) mass is 388 g/mol. The van der Waals surface area contributed by atoms with Gasteiger partial charge in [0.25, 0.3) is 0 Å². The van der Waals surface area contributed by atoms with Crippen LogP contribution in [0.2, 0.25) is 0 Å². The first-order valence-electron chi connectivity index (χ1n) is 9.09. The van der Waals surface area contributed by atoms with Gasteiger partial charge in [0.1, 0.15) is 0 Å². The predicted octanol–water partition coefficient (Wildman–Crippen LogP) is 3.59. The highest BCUT2D eigenvalue weighted by Gasteiger charge is 2.11. The predicted molar refractivity (Wildman–Crippen MR) is 110 cm³/mol. The van der Waals surface area contributed by atoms with E-state index in [1.807, 2.05) is 59.1 Å². The Morgan fingerprint density at radius 3 is 2.66 bits per heavy atom. The molecule has 0 bridgehead atoms. The summed E-state index contributed by atoms with van der Waals surface area (Å²) in [6, 6.07) is 18.7. The van der Waals surface area contributed by atoms with E-state index in [2.05, 4.69) is 15.5 Å². The Balaban J connectivity index is 1.51. The Labute approximate surface area is 167 Å². The second kappa shape index (κ2) is 8.02. The fraction of sp³-hybridized carbons (Fsp3) is 0.136. The number of carbonyl (C=O) groups is 1. The van der Waals surface area contributed by atoms with Crippen LogP contribution in [-0.2, 0) is 11.2 Å². The van der Waals surface area contributed by atoms with E-state index in [1.54, 1.807) is 26.4 Å². The van der Waals surface area contributed by atoms with Gasteiger partial charge in [0, 0.05) is 17.4 Å². The maximum absolute atomic E-state index is 12.5. The molecule has 4 aromatic rings. The van der Waals surface area contributed by atoms with Crippen LogP contribution in [0.25, 0.3) is 17.0 Å². The van der Waals surface area contributed by atoms with E-state index in [1.165, 1.54) is 0 Å². The first kappa shape index (κ1) is 18.5. The van der Waals surface area contributed by atoms with Crippen molar-refractivity contribution in [3.05, 3.63) is 72.4 Å². The van der Waals surface area contributed by atoms with Crippen LogP contribution >= 0.6 is 0 Å². The molecule has 0 aliphatic heterocycles. The number of carbonyl (C=O) groups excluding carboxylic acids is 1. The van der Waals surface area contributed by atoms with Crippen molar-refractivity contribution in [2.24, 2.45) is 0 Å². The van der Waals surface area contributed by atoms with Gasteiger partial charge in [0.15, 0.2) is 23.0 Å². The number of hydrogen-bond donors (Lipinski definition) is 1. The molecule has 146 valence electrons. The highest BCUT2D eigenvalue weighted by Crippen LogP contribution is 2.28. The summed E-state index contributed by atoms with van der Waals surface area (Å²) in [6.07, 6.45) is 2.13. The van der Waals surface area contributed by atoms with Crippen LogP contribution in [0.15, 0.2) is 66.9 Å². The number of amides is 1. The van der Waals surface area contributed by atoms with E-state index in [-0.39, 0.29) is 12.3 Å². The van der Waals surface area contributed by atoms with Gasteiger partial charge in [-0.1, -0.05) is 24.3 Å². The third-order valence-corrected chi connectivity index (χ3v) is 4.53. The molecule has 2 heterocycles. The molecule has 0 fully saturated rings. The lowest BCUT2D eigenvalue weighted by Crippen LogP contribution is -2.14. The zero-order valence-corrected chi connectivity index (χ0v) is 16.1. The molecule has 29 heavy (non-hydrogen) atoms. The molecule has 0 unspecified atom stereocenters. The molecule has 0 spiro atoms. The van der Waals surface area contributed by atoms with Crippen LogP contribution in [-0.4, -0.2) is 34.7 Å². The number of methoxy groups -OCH3 is 2. The average molecular weight is 388 g/mol. The van der Waals surface area contributed by atoms with Gasteiger partial charge in [0.2, 0.25) is 5.91 Å². The number of benzene rings is 2. The van der Waals surface area contributed by atoms with Gasteiger partial charge in [0.05, 0.1) is 20.6 Å². The zero-order valence-electron chi connectivity index (χ0n) is 16.1. The van der Waals surface area contributed by atoms with Gasteiger partial charge >= 0.3 is 0 Å². The van der Waals surface area contributed by atoms with Gasteiger partial charge in [-0.05, 0) is 42.0 Å². The van der Waals surface area contributed by atoms with E-state index in [9.17, 15) is 4.79 Å². The summed E-state index contributed by atoms with van der Waals surface area (Å²) in [5.74, 6) is 1.82. The molecule has 4 rings (SSSR count). The third-order valence-electron chi connectivity index (χ3n) is 4.53. The Kier molecular flexibility index (Phi) is 5.11. The highest BCUT2D eigenvalue weighted by molar-refractivity contribution is 5.93. The number of nitrogens with zero attached hydrogens (tertiary/aromatic N) is 3.